The molecule has 0 aromatic carbocycles. The van der Waals surface area contributed by atoms with Crippen LogP contribution in [0.25, 0.3) is 0 Å². The Morgan fingerprint density at radius 1 is 1.41 bits per heavy atom. The van der Waals surface area contributed by atoms with Gasteiger partial charge >= 0.3 is 0 Å². The molecule has 3 atom stereocenters. The lowest BCUT2D eigenvalue weighted by atomic mass is 10.0. The van der Waals surface area contributed by atoms with Crippen molar-refractivity contribution in [3.05, 3.63) is 0 Å². The topological polar surface area (TPSA) is 48.3 Å². The van der Waals surface area contributed by atoms with E-state index in [2.05, 4.69) is 30.1 Å². The van der Waals surface area contributed by atoms with Gasteiger partial charge in [-0.3, -0.25) is 10.2 Å². The molecule has 0 aromatic rings. The molecule has 17 heavy (non-hydrogen) atoms. The van der Waals surface area contributed by atoms with Crippen LogP contribution < -0.4 is 5.32 Å². The second-order valence-electron chi connectivity index (χ2n) is 5.89. The maximum absolute atomic E-state index is 9.34. The van der Waals surface area contributed by atoms with Gasteiger partial charge in [0.25, 0.3) is 0 Å². The van der Waals surface area contributed by atoms with Crippen LogP contribution >= 0.6 is 0 Å². The largest absolute Gasteiger partial charge is 0.372 e. The van der Waals surface area contributed by atoms with Crippen LogP contribution in [0, 0.1) is 11.3 Å². The van der Waals surface area contributed by atoms with Gasteiger partial charge in [0.15, 0.2) is 0 Å². The molecular formula is C13H23N3O. The summed E-state index contributed by atoms with van der Waals surface area (Å²) >= 11 is 0. The van der Waals surface area contributed by atoms with Gasteiger partial charge in [0.2, 0.25) is 0 Å². The number of nitriles is 1. The zero-order valence-corrected chi connectivity index (χ0v) is 11.1. The normalized spacial score (nSPS) is 32.4. The monoisotopic (exact) mass is 237 g/mol. The van der Waals surface area contributed by atoms with Gasteiger partial charge in [0.1, 0.15) is 5.54 Å². The highest BCUT2D eigenvalue weighted by Gasteiger charge is 2.37. The number of fused-ring (bicyclic) bond motifs is 2. The molecule has 2 bridgehead atoms. The molecule has 2 aliphatic heterocycles. The number of likely N-dealkylation sites (tertiary alicyclic amines) is 1. The quantitative estimate of drug-likeness (QED) is 0.796. The molecule has 3 unspecified atom stereocenters. The number of hydrogen-bond donors (Lipinski definition) is 1. The number of rotatable bonds is 4. The fourth-order valence-corrected chi connectivity index (χ4v) is 3.03. The van der Waals surface area contributed by atoms with Crippen LogP contribution in [0.3, 0.4) is 0 Å². The first-order chi connectivity index (χ1) is 8.00. The molecule has 0 saturated carbocycles. The zero-order chi connectivity index (χ0) is 12.5. The van der Waals surface area contributed by atoms with Crippen molar-refractivity contribution in [2.45, 2.75) is 57.4 Å². The molecule has 2 heterocycles. The molecule has 4 nitrogen and oxygen atoms in total. The van der Waals surface area contributed by atoms with Crippen LogP contribution in [0.15, 0.2) is 0 Å². The smallest absolute Gasteiger partial charge is 0.116 e. The lowest BCUT2D eigenvalue weighted by Crippen LogP contribution is -2.56. The minimum absolute atomic E-state index is 0.331. The molecule has 4 heteroatoms. The van der Waals surface area contributed by atoms with Gasteiger partial charge in [-0.1, -0.05) is 0 Å². The van der Waals surface area contributed by atoms with Crippen molar-refractivity contribution in [1.82, 2.24) is 10.2 Å². The van der Waals surface area contributed by atoms with E-state index in [9.17, 15) is 5.26 Å². The number of morpholine rings is 1. The molecule has 0 amide bonds. The van der Waals surface area contributed by atoms with E-state index in [1.165, 1.54) is 12.8 Å². The molecule has 2 fully saturated rings. The van der Waals surface area contributed by atoms with E-state index in [-0.39, 0.29) is 0 Å². The Morgan fingerprint density at radius 3 is 2.47 bits per heavy atom. The molecule has 2 saturated heterocycles. The third-order valence-corrected chi connectivity index (χ3v) is 3.51. The summed E-state index contributed by atoms with van der Waals surface area (Å²) in [6, 6.07) is 2.74. The Bertz CT molecular complexity index is 300. The van der Waals surface area contributed by atoms with Crippen LogP contribution in [-0.2, 0) is 4.74 Å². The van der Waals surface area contributed by atoms with Gasteiger partial charge in [0.05, 0.1) is 18.3 Å². The number of nitrogens with one attached hydrogen (secondary N) is 1. The minimum atomic E-state index is -0.453. The summed E-state index contributed by atoms with van der Waals surface area (Å²) in [5.74, 6) is 0. The second kappa shape index (κ2) is 4.93. The second-order valence-corrected chi connectivity index (χ2v) is 5.89. The molecule has 0 spiro atoms. The first-order valence-corrected chi connectivity index (χ1v) is 6.57. The SMILES string of the molecule is CC(C)NC(C)(C#N)CN1CC2CCC(C1)O2. The summed E-state index contributed by atoms with van der Waals surface area (Å²) in [6.45, 7) is 8.90. The van der Waals surface area contributed by atoms with Crippen molar-refractivity contribution in [2.75, 3.05) is 19.6 Å². The van der Waals surface area contributed by atoms with Gasteiger partial charge in [-0.05, 0) is 33.6 Å². The average molecular weight is 237 g/mol. The van der Waals surface area contributed by atoms with Crippen molar-refractivity contribution in [3.8, 4) is 6.07 Å². The summed E-state index contributed by atoms with van der Waals surface area (Å²) in [7, 11) is 0. The van der Waals surface area contributed by atoms with Crippen molar-refractivity contribution >= 4 is 0 Å². The summed E-state index contributed by atoms with van der Waals surface area (Å²) in [6.07, 6.45) is 3.16. The summed E-state index contributed by atoms with van der Waals surface area (Å²) in [5.41, 5.74) is -0.453. The number of ether oxygens (including phenoxy) is 1. The van der Waals surface area contributed by atoms with Gasteiger partial charge in [-0.25, -0.2) is 0 Å². The maximum atomic E-state index is 9.34. The van der Waals surface area contributed by atoms with Crippen LogP contribution in [-0.4, -0.2) is 48.3 Å². The highest BCUT2D eigenvalue weighted by atomic mass is 16.5. The van der Waals surface area contributed by atoms with E-state index in [4.69, 9.17) is 4.74 Å². The first kappa shape index (κ1) is 12.8. The van der Waals surface area contributed by atoms with Gasteiger partial charge in [-0.15, -0.1) is 0 Å². The van der Waals surface area contributed by atoms with Gasteiger partial charge < -0.3 is 4.74 Å². The van der Waals surface area contributed by atoms with Crippen LogP contribution in [0.5, 0.6) is 0 Å². The number of hydrogen-bond acceptors (Lipinski definition) is 4. The van der Waals surface area contributed by atoms with E-state index in [0.717, 1.165) is 19.6 Å². The summed E-state index contributed by atoms with van der Waals surface area (Å²) in [5, 5.41) is 12.7. The Labute approximate surface area is 104 Å². The van der Waals surface area contributed by atoms with Crippen molar-refractivity contribution in [3.63, 3.8) is 0 Å². The highest BCUT2D eigenvalue weighted by Crippen LogP contribution is 2.27. The van der Waals surface area contributed by atoms with Gasteiger partial charge in [0, 0.05) is 25.7 Å². The van der Waals surface area contributed by atoms with E-state index < -0.39 is 5.54 Å². The summed E-state index contributed by atoms with van der Waals surface area (Å²) in [4.78, 5) is 2.38. The predicted molar refractivity (Wildman–Crippen MR) is 66.6 cm³/mol. The molecule has 0 radical (unpaired) electrons. The average Bonchev–Trinajstić information content (AvgIpc) is 2.57. The molecule has 2 aliphatic rings. The Kier molecular flexibility index (Phi) is 3.72. The molecule has 1 N–H and O–H groups in total. The zero-order valence-electron chi connectivity index (χ0n) is 11.1. The Balaban J connectivity index is 1.93. The fraction of sp³-hybridized carbons (Fsp3) is 0.923. The fourth-order valence-electron chi connectivity index (χ4n) is 3.03. The molecule has 2 rings (SSSR count). The predicted octanol–water partition coefficient (Wildman–Crippen LogP) is 1.13. The molecule has 0 aliphatic carbocycles. The van der Waals surface area contributed by atoms with E-state index in [1.807, 2.05) is 6.92 Å². The van der Waals surface area contributed by atoms with E-state index in [1.54, 1.807) is 0 Å². The molecular weight excluding hydrogens is 214 g/mol. The van der Waals surface area contributed by atoms with Crippen LogP contribution in [0.1, 0.15) is 33.6 Å². The third kappa shape index (κ3) is 3.19. The van der Waals surface area contributed by atoms with Gasteiger partial charge in [-0.2, -0.15) is 5.26 Å². The third-order valence-electron chi connectivity index (χ3n) is 3.51. The standard InChI is InChI=1S/C13H23N3O/c1-10(2)15-13(3,8-14)9-16-6-11-4-5-12(7-16)17-11/h10-12,15H,4-7,9H2,1-3H3. The lowest BCUT2D eigenvalue weighted by Gasteiger charge is -2.37. The Hall–Kier alpha value is -0.630. The maximum Gasteiger partial charge on any atom is 0.116 e. The summed E-state index contributed by atoms with van der Waals surface area (Å²) < 4.78 is 5.81. The highest BCUT2D eigenvalue weighted by molar-refractivity contribution is 5.07. The number of nitrogens with zero attached hydrogens (tertiary/aromatic N) is 2. The van der Waals surface area contributed by atoms with E-state index >= 15 is 0 Å². The molecule has 0 aromatic heterocycles. The molecule has 96 valence electrons. The van der Waals surface area contributed by atoms with Crippen molar-refractivity contribution in [2.24, 2.45) is 0 Å². The van der Waals surface area contributed by atoms with Crippen LogP contribution in [0.2, 0.25) is 0 Å². The van der Waals surface area contributed by atoms with E-state index in [0.29, 0.717) is 18.2 Å². The first-order valence-electron chi connectivity index (χ1n) is 6.57. The minimum Gasteiger partial charge on any atom is -0.372 e. The van der Waals surface area contributed by atoms with Crippen LogP contribution in [0.4, 0.5) is 0 Å². The Morgan fingerprint density at radius 2 is 2.00 bits per heavy atom. The lowest BCUT2D eigenvalue weighted by molar-refractivity contribution is -0.0429. The van der Waals surface area contributed by atoms with Crippen molar-refractivity contribution in [1.29, 1.82) is 5.26 Å². The van der Waals surface area contributed by atoms with Crippen molar-refractivity contribution < 1.29 is 4.74 Å².